The van der Waals surface area contributed by atoms with Crippen molar-refractivity contribution < 1.29 is 19.1 Å². The normalized spacial score (nSPS) is 26.7. The summed E-state index contributed by atoms with van der Waals surface area (Å²) >= 11 is 0. The van der Waals surface area contributed by atoms with E-state index < -0.39 is 0 Å². The van der Waals surface area contributed by atoms with Crippen molar-refractivity contribution in [2.24, 2.45) is 11.8 Å². The first-order valence-corrected chi connectivity index (χ1v) is 11.3. The number of fused-ring (bicyclic) bond motifs is 3. The van der Waals surface area contributed by atoms with Gasteiger partial charge in [0, 0.05) is 44.7 Å². The zero-order chi connectivity index (χ0) is 21.6. The van der Waals surface area contributed by atoms with E-state index in [1.54, 1.807) is 0 Å². The number of morpholine rings is 1. The van der Waals surface area contributed by atoms with E-state index >= 15 is 0 Å². The molecular weight excluding hydrogens is 394 g/mol. The minimum Gasteiger partial charge on any atom is -0.489 e. The topological polar surface area (TPSA) is 62.3 Å². The van der Waals surface area contributed by atoms with Crippen LogP contribution >= 0.6 is 0 Å². The van der Waals surface area contributed by atoms with Gasteiger partial charge in [-0.15, -0.1) is 0 Å². The van der Waals surface area contributed by atoms with Gasteiger partial charge in [-0.25, -0.2) is 0 Å². The standard InChI is InChI=1S/C24H33N3O4/c1-25-16-21-5-2-3-7-22(21)31-12-4-6-20-17-27(24(29)18-25)9-8-19(20)15-23(28)26-10-13-30-14-11-26/h2-7,19-20H,8-18H2,1H3/b6-4-/t19-,20-/m0/s1. The molecule has 0 unspecified atom stereocenters. The molecule has 2 amide bonds. The van der Waals surface area contributed by atoms with Crippen LogP contribution in [0.15, 0.2) is 36.4 Å². The van der Waals surface area contributed by atoms with E-state index in [4.69, 9.17) is 9.47 Å². The molecular formula is C24H33N3O4. The first kappa shape index (κ1) is 21.8. The van der Waals surface area contributed by atoms with Crippen LogP contribution in [0.5, 0.6) is 5.75 Å². The van der Waals surface area contributed by atoms with Crippen molar-refractivity contribution in [1.29, 1.82) is 0 Å². The Bertz CT molecular complexity index is 806. The Morgan fingerprint density at radius 3 is 2.77 bits per heavy atom. The molecule has 0 aliphatic carbocycles. The maximum Gasteiger partial charge on any atom is 0.236 e. The van der Waals surface area contributed by atoms with Crippen LogP contribution in [0.25, 0.3) is 0 Å². The summed E-state index contributed by atoms with van der Waals surface area (Å²) in [5, 5.41) is 0. The van der Waals surface area contributed by atoms with Crippen LogP contribution in [-0.4, -0.2) is 86.1 Å². The zero-order valence-corrected chi connectivity index (χ0v) is 18.4. The van der Waals surface area contributed by atoms with Gasteiger partial charge in [0.2, 0.25) is 11.8 Å². The Balaban J connectivity index is 1.48. The van der Waals surface area contributed by atoms with Gasteiger partial charge in [-0.05, 0) is 31.4 Å². The second-order valence-corrected chi connectivity index (χ2v) is 8.77. The van der Waals surface area contributed by atoms with Gasteiger partial charge < -0.3 is 19.3 Å². The molecule has 0 radical (unpaired) electrons. The first-order chi connectivity index (χ1) is 15.1. The third-order valence-corrected chi connectivity index (χ3v) is 6.50. The van der Waals surface area contributed by atoms with Gasteiger partial charge in [-0.3, -0.25) is 14.5 Å². The molecule has 3 aliphatic rings. The first-order valence-electron chi connectivity index (χ1n) is 11.3. The molecule has 0 spiro atoms. The average molecular weight is 428 g/mol. The highest BCUT2D eigenvalue weighted by atomic mass is 16.5. The van der Waals surface area contributed by atoms with Crippen LogP contribution < -0.4 is 4.74 Å². The highest BCUT2D eigenvalue weighted by Gasteiger charge is 2.33. The van der Waals surface area contributed by atoms with Crippen LogP contribution in [0.3, 0.4) is 0 Å². The summed E-state index contributed by atoms with van der Waals surface area (Å²) in [4.78, 5) is 31.7. The van der Waals surface area contributed by atoms with Crippen LogP contribution in [0, 0.1) is 11.8 Å². The summed E-state index contributed by atoms with van der Waals surface area (Å²) in [6, 6.07) is 7.99. The van der Waals surface area contributed by atoms with E-state index in [9.17, 15) is 9.59 Å². The molecule has 2 saturated heterocycles. The molecule has 2 fully saturated rings. The molecule has 3 heterocycles. The minimum atomic E-state index is 0.150. The molecule has 4 rings (SSSR count). The maximum atomic E-state index is 13.0. The van der Waals surface area contributed by atoms with Gasteiger partial charge in [0.05, 0.1) is 19.8 Å². The highest BCUT2D eigenvalue weighted by molar-refractivity contribution is 5.79. The predicted octanol–water partition coefficient (Wildman–Crippen LogP) is 1.78. The molecule has 31 heavy (non-hydrogen) atoms. The summed E-state index contributed by atoms with van der Waals surface area (Å²) in [5.74, 6) is 1.61. The monoisotopic (exact) mass is 427 g/mol. The molecule has 3 aliphatic heterocycles. The van der Waals surface area contributed by atoms with Crippen molar-refractivity contribution in [3.63, 3.8) is 0 Å². The van der Waals surface area contributed by atoms with Gasteiger partial charge in [-0.2, -0.15) is 0 Å². The number of carbonyl (C=O) groups is 2. The molecule has 2 atom stereocenters. The molecule has 2 bridgehead atoms. The quantitative estimate of drug-likeness (QED) is 0.674. The van der Waals surface area contributed by atoms with E-state index in [0.717, 1.165) is 17.7 Å². The number of piperidine rings is 1. The van der Waals surface area contributed by atoms with Crippen molar-refractivity contribution in [3.05, 3.63) is 42.0 Å². The number of likely N-dealkylation sites (N-methyl/N-ethyl adjacent to an activating group) is 1. The second kappa shape index (κ2) is 10.3. The summed E-state index contributed by atoms with van der Waals surface area (Å²) in [6.45, 7) is 5.49. The third-order valence-electron chi connectivity index (χ3n) is 6.50. The SMILES string of the molecule is CN1CC(=O)N2CC[C@@H](CC(=O)N3CCOCC3)[C@@H](/C=C\COc3ccccc3C1)C2. The number of benzene rings is 1. The number of carbonyl (C=O) groups excluding carboxylic acids is 2. The molecule has 168 valence electrons. The van der Waals surface area contributed by atoms with Gasteiger partial charge in [-0.1, -0.05) is 30.4 Å². The van der Waals surface area contributed by atoms with Gasteiger partial charge >= 0.3 is 0 Å². The third kappa shape index (κ3) is 5.66. The average Bonchev–Trinajstić information content (AvgIpc) is 2.79. The Morgan fingerprint density at radius 1 is 1.13 bits per heavy atom. The lowest BCUT2D eigenvalue weighted by Crippen LogP contribution is -2.48. The van der Waals surface area contributed by atoms with Crippen molar-refractivity contribution in [2.75, 3.05) is 59.6 Å². The molecule has 1 aromatic rings. The number of amides is 2. The number of ether oxygens (including phenoxy) is 2. The summed E-state index contributed by atoms with van der Waals surface area (Å²) in [7, 11) is 1.97. The van der Waals surface area contributed by atoms with Gasteiger partial charge in [0.15, 0.2) is 0 Å². The number of hydrogen-bond acceptors (Lipinski definition) is 5. The Hall–Kier alpha value is -2.38. The summed E-state index contributed by atoms with van der Waals surface area (Å²) < 4.78 is 11.4. The van der Waals surface area contributed by atoms with Crippen LogP contribution in [0.1, 0.15) is 18.4 Å². The maximum absolute atomic E-state index is 13.0. The summed E-state index contributed by atoms with van der Waals surface area (Å²) in [6.07, 6.45) is 5.58. The number of rotatable bonds is 2. The number of para-hydroxylation sites is 1. The van der Waals surface area contributed by atoms with Gasteiger partial charge in [0.25, 0.3) is 0 Å². The van der Waals surface area contributed by atoms with Crippen molar-refractivity contribution >= 4 is 11.8 Å². The van der Waals surface area contributed by atoms with Gasteiger partial charge in [0.1, 0.15) is 12.4 Å². The Morgan fingerprint density at radius 2 is 1.94 bits per heavy atom. The highest BCUT2D eigenvalue weighted by Crippen LogP contribution is 2.29. The van der Waals surface area contributed by atoms with E-state index in [0.29, 0.717) is 65.5 Å². The zero-order valence-electron chi connectivity index (χ0n) is 18.4. The minimum absolute atomic E-state index is 0.150. The smallest absolute Gasteiger partial charge is 0.236 e. The lowest BCUT2D eigenvalue weighted by molar-refractivity contribution is -0.138. The molecule has 7 nitrogen and oxygen atoms in total. The van der Waals surface area contributed by atoms with E-state index in [1.807, 2.05) is 52.1 Å². The fourth-order valence-electron chi connectivity index (χ4n) is 4.72. The van der Waals surface area contributed by atoms with Crippen LogP contribution in [0.4, 0.5) is 0 Å². The van der Waals surface area contributed by atoms with E-state index in [2.05, 4.69) is 6.08 Å². The fraction of sp³-hybridized carbons (Fsp3) is 0.583. The fourth-order valence-corrected chi connectivity index (χ4v) is 4.72. The molecule has 1 aromatic carbocycles. The van der Waals surface area contributed by atoms with Crippen molar-refractivity contribution in [1.82, 2.24) is 14.7 Å². The molecule has 0 saturated carbocycles. The lowest BCUT2D eigenvalue weighted by atomic mass is 9.82. The predicted molar refractivity (Wildman–Crippen MR) is 118 cm³/mol. The largest absolute Gasteiger partial charge is 0.489 e. The molecule has 0 N–H and O–H groups in total. The van der Waals surface area contributed by atoms with E-state index in [1.165, 1.54) is 0 Å². The number of nitrogens with zero attached hydrogens (tertiary/aromatic N) is 3. The van der Waals surface area contributed by atoms with Crippen LogP contribution in [-0.2, 0) is 20.9 Å². The van der Waals surface area contributed by atoms with Crippen molar-refractivity contribution in [3.8, 4) is 5.75 Å². The number of hydrogen-bond donors (Lipinski definition) is 0. The summed E-state index contributed by atoms with van der Waals surface area (Å²) in [5.41, 5.74) is 1.08. The van der Waals surface area contributed by atoms with E-state index in [-0.39, 0.29) is 23.7 Å². The van der Waals surface area contributed by atoms with Crippen LogP contribution in [0.2, 0.25) is 0 Å². The lowest BCUT2D eigenvalue weighted by Gasteiger charge is -2.38. The molecule has 7 heteroatoms. The Kier molecular flexibility index (Phi) is 7.25. The van der Waals surface area contributed by atoms with Crippen molar-refractivity contribution in [2.45, 2.75) is 19.4 Å². The Labute approximate surface area is 184 Å². The molecule has 0 aromatic heterocycles. The second-order valence-electron chi connectivity index (χ2n) is 8.77.